The molecule has 90 valence electrons. The van der Waals surface area contributed by atoms with Crippen molar-refractivity contribution in [3.05, 3.63) is 21.0 Å². The lowest BCUT2D eigenvalue weighted by atomic mass is 10.3. The molecular weight excluding hydrogens is 345 g/mol. The summed E-state index contributed by atoms with van der Waals surface area (Å²) in [4.78, 5) is 3.50. The number of aliphatic hydroxyl groups is 1. The first-order valence-electron chi connectivity index (χ1n) is 3.98. The van der Waals surface area contributed by atoms with Gasteiger partial charge in [0.15, 0.2) is 5.75 Å². The zero-order valence-corrected chi connectivity index (χ0v) is 9.84. The third kappa shape index (κ3) is 3.44. The van der Waals surface area contributed by atoms with Crippen molar-refractivity contribution in [3.63, 3.8) is 0 Å². The van der Waals surface area contributed by atoms with Crippen LogP contribution in [0.1, 0.15) is 11.4 Å². The molecule has 0 aliphatic rings. The molecule has 1 heterocycles. The summed E-state index contributed by atoms with van der Waals surface area (Å²) in [6.45, 7) is -1.68. The summed E-state index contributed by atoms with van der Waals surface area (Å²) in [5.41, 5.74) is -0.389. The molecule has 0 spiro atoms. The monoisotopic (exact) mass is 351 g/mol. The fourth-order valence-corrected chi connectivity index (χ4v) is 1.78. The Morgan fingerprint density at radius 1 is 1.44 bits per heavy atom. The summed E-state index contributed by atoms with van der Waals surface area (Å²) in [5.74, 6) is -0.659. The molecule has 1 rings (SSSR count). The topological polar surface area (TPSA) is 42.4 Å². The minimum absolute atomic E-state index is 0.0432. The van der Waals surface area contributed by atoms with Crippen molar-refractivity contribution in [2.75, 3.05) is 0 Å². The number of rotatable bonds is 3. The second-order valence-corrected chi connectivity index (χ2v) is 3.87. The van der Waals surface area contributed by atoms with Crippen LogP contribution >= 0.6 is 22.6 Å². The molecule has 0 radical (unpaired) electrons. The van der Waals surface area contributed by atoms with E-state index in [1.165, 1.54) is 6.07 Å². The van der Waals surface area contributed by atoms with Gasteiger partial charge in [0.05, 0.1) is 15.9 Å². The quantitative estimate of drug-likeness (QED) is 0.673. The van der Waals surface area contributed by atoms with E-state index in [4.69, 9.17) is 5.11 Å². The zero-order chi connectivity index (χ0) is 12.3. The highest BCUT2D eigenvalue weighted by molar-refractivity contribution is 14.1. The SMILES string of the molecule is OCc1cc(I)c(OC(F)(F)F)c(CF)n1. The van der Waals surface area contributed by atoms with Gasteiger partial charge in [0.25, 0.3) is 0 Å². The van der Waals surface area contributed by atoms with Crippen LogP contribution in [-0.2, 0) is 13.3 Å². The first-order chi connectivity index (χ1) is 7.37. The van der Waals surface area contributed by atoms with Gasteiger partial charge in [-0.05, 0) is 28.7 Å². The Bertz CT molecular complexity index is 383. The number of nitrogens with zero attached hydrogens (tertiary/aromatic N) is 1. The van der Waals surface area contributed by atoms with Gasteiger partial charge < -0.3 is 9.84 Å². The van der Waals surface area contributed by atoms with Gasteiger partial charge >= 0.3 is 6.36 Å². The van der Waals surface area contributed by atoms with Crippen LogP contribution in [0.4, 0.5) is 17.6 Å². The summed E-state index contributed by atoms with van der Waals surface area (Å²) in [6.07, 6.45) is -4.90. The number of pyridine rings is 1. The van der Waals surface area contributed by atoms with E-state index in [-0.39, 0.29) is 9.26 Å². The van der Waals surface area contributed by atoms with Gasteiger partial charge in [0.2, 0.25) is 0 Å². The van der Waals surface area contributed by atoms with E-state index in [1.807, 2.05) is 0 Å². The van der Waals surface area contributed by atoms with Crippen LogP contribution in [0.2, 0.25) is 0 Å². The summed E-state index contributed by atoms with van der Waals surface area (Å²) >= 11 is 1.56. The highest BCUT2D eigenvalue weighted by atomic mass is 127. The van der Waals surface area contributed by atoms with Crippen LogP contribution < -0.4 is 4.74 Å². The van der Waals surface area contributed by atoms with Crippen molar-refractivity contribution < 1.29 is 27.4 Å². The van der Waals surface area contributed by atoms with Crippen molar-refractivity contribution in [1.82, 2.24) is 4.98 Å². The van der Waals surface area contributed by atoms with Crippen LogP contribution in [0.25, 0.3) is 0 Å². The maximum absolute atomic E-state index is 12.5. The highest BCUT2D eigenvalue weighted by Gasteiger charge is 2.33. The average Bonchev–Trinajstić information content (AvgIpc) is 2.19. The lowest BCUT2D eigenvalue weighted by Crippen LogP contribution is -2.19. The highest BCUT2D eigenvalue weighted by Crippen LogP contribution is 2.31. The Balaban J connectivity index is 3.16. The van der Waals surface area contributed by atoms with Crippen molar-refractivity contribution in [2.24, 2.45) is 0 Å². The zero-order valence-electron chi connectivity index (χ0n) is 7.68. The number of aromatic nitrogens is 1. The molecule has 0 fully saturated rings. The van der Waals surface area contributed by atoms with Gasteiger partial charge in [-0.25, -0.2) is 9.37 Å². The molecule has 16 heavy (non-hydrogen) atoms. The number of hydrogen-bond donors (Lipinski definition) is 1. The van der Waals surface area contributed by atoms with Gasteiger partial charge in [-0.1, -0.05) is 0 Å². The Hall–Kier alpha value is -0.640. The van der Waals surface area contributed by atoms with Crippen LogP contribution in [-0.4, -0.2) is 16.5 Å². The minimum atomic E-state index is -4.90. The lowest BCUT2D eigenvalue weighted by Gasteiger charge is -2.13. The molecule has 0 aromatic carbocycles. The predicted octanol–water partition coefficient (Wildman–Crippen LogP) is 2.55. The fraction of sp³-hybridized carbons (Fsp3) is 0.375. The third-order valence-electron chi connectivity index (χ3n) is 1.56. The molecule has 0 aliphatic carbocycles. The van der Waals surface area contributed by atoms with E-state index in [9.17, 15) is 17.6 Å². The number of aliphatic hydroxyl groups excluding tert-OH is 1. The van der Waals surface area contributed by atoms with Crippen molar-refractivity contribution in [1.29, 1.82) is 0 Å². The standard InChI is InChI=1S/C8H6F4INO2/c9-2-6-7(16-8(10,11)12)5(13)1-4(3-15)14-6/h1,15H,2-3H2. The Morgan fingerprint density at radius 3 is 2.50 bits per heavy atom. The summed E-state index contributed by atoms with van der Waals surface area (Å²) in [6, 6.07) is 1.20. The largest absolute Gasteiger partial charge is 0.573 e. The molecule has 0 saturated heterocycles. The van der Waals surface area contributed by atoms with Crippen LogP contribution in [0.5, 0.6) is 5.75 Å². The third-order valence-corrected chi connectivity index (χ3v) is 2.36. The van der Waals surface area contributed by atoms with E-state index in [0.29, 0.717) is 0 Å². The molecule has 1 aromatic rings. The van der Waals surface area contributed by atoms with Gasteiger partial charge in [-0.2, -0.15) is 0 Å². The summed E-state index contributed by atoms with van der Waals surface area (Å²) in [5, 5.41) is 8.75. The van der Waals surface area contributed by atoms with Crippen molar-refractivity contribution in [2.45, 2.75) is 19.6 Å². The molecule has 1 N–H and O–H groups in total. The van der Waals surface area contributed by atoms with Gasteiger partial charge in [0.1, 0.15) is 12.4 Å². The second kappa shape index (κ2) is 5.13. The molecule has 0 atom stereocenters. The van der Waals surface area contributed by atoms with E-state index >= 15 is 0 Å². The number of alkyl halides is 4. The van der Waals surface area contributed by atoms with Crippen LogP contribution in [0, 0.1) is 3.57 Å². The van der Waals surface area contributed by atoms with E-state index in [1.54, 1.807) is 22.6 Å². The van der Waals surface area contributed by atoms with Crippen molar-refractivity contribution >= 4 is 22.6 Å². The predicted molar refractivity (Wildman–Crippen MR) is 54.4 cm³/mol. The molecule has 0 aliphatic heterocycles. The molecule has 8 heteroatoms. The van der Waals surface area contributed by atoms with Crippen LogP contribution in [0.3, 0.4) is 0 Å². The van der Waals surface area contributed by atoms with E-state index in [2.05, 4.69) is 9.72 Å². The second-order valence-electron chi connectivity index (χ2n) is 2.71. The fourth-order valence-electron chi connectivity index (χ4n) is 1.00. The summed E-state index contributed by atoms with van der Waals surface area (Å²) < 4.78 is 52.2. The molecule has 0 unspecified atom stereocenters. The average molecular weight is 351 g/mol. The van der Waals surface area contributed by atoms with Crippen molar-refractivity contribution in [3.8, 4) is 5.75 Å². The minimum Gasteiger partial charge on any atom is -0.403 e. The van der Waals surface area contributed by atoms with E-state index in [0.717, 1.165) is 0 Å². The smallest absolute Gasteiger partial charge is 0.403 e. The van der Waals surface area contributed by atoms with E-state index < -0.39 is 31.1 Å². The molecular formula is C8H6F4INO2. The number of hydrogen-bond acceptors (Lipinski definition) is 3. The number of ether oxygens (including phenoxy) is 1. The molecule has 0 amide bonds. The summed E-state index contributed by atoms with van der Waals surface area (Å²) in [7, 11) is 0. The molecule has 0 bridgehead atoms. The normalized spacial score (nSPS) is 11.6. The molecule has 0 saturated carbocycles. The van der Waals surface area contributed by atoms with Gasteiger partial charge in [-0.3, -0.25) is 0 Å². The molecule has 3 nitrogen and oxygen atoms in total. The first-order valence-corrected chi connectivity index (χ1v) is 5.06. The van der Waals surface area contributed by atoms with Crippen LogP contribution in [0.15, 0.2) is 6.07 Å². The molecule has 1 aromatic heterocycles. The number of halogens is 5. The maximum Gasteiger partial charge on any atom is 0.573 e. The first kappa shape index (κ1) is 13.4. The lowest BCUT2D eigenvalue weighted by molar-refractivity contribution is -0.275. The van der Waals surface area contributed by atoms with Gasteiger partial charge in [-0.15, -0.1) is 13.2 Å². The van der Waals surface area contributed by atoms with Gasteiger partial charge in [0, 0.05) is 0 Å². The Morgan fingerprint density at radius 2 is 2.06 bits per heavy atom. The maximum atomic E-state index is 12.5. The Labute approximate surface area is 102 Å². The Kier molecular flexibility index (Phi) is 4.30.